The largest absolute Gasteiger partial charge is 0.392 e. The van der Waals surface area contributed by atoms with Crippen molar-refractivity contribution < 1.29 is 13.9 Å². The number of aliphatic hydroxyl groups is 1. The van der Waals surface area contributed by atoms with E-state index in [1.165, 1.54) is 0 Å². The first kappa shape index (κ1) is 9.03. The molecule has 2 atom stereocenters. The molecular formula is C4H11NO3S. The lowest BCUT2D eigenvalue weighted by molar-refractivity contribution is 0.174. The Bertz CT molecular complexity index is 97.8. The lowest BCUT2D eigenvalue weighted by Gasteiger charge is -2.04. The predicted octanol–water partition coefficient (Wildman–Crippen LogP) is -0.516. The molecule has 0 saturated carbocycles. The Morgan fingerprint density at radius 2 is 2.33 bits per heavy atom. The first-order valence-corrected chi connectivity index (χ1v) is 3.80. The van der Waals surface area contributed by atoms with Gasteiger partial charge in [-0.2, -0.15) is 0 Å². The monoisotopic (exact) mass is 153 g/mol. The third-order valence-corrected chi connectivity index (χ3v) is 1.33. The maximum Gasteiger partial charge on any atom is 0.231 e. The first-order valence-electron chi connectivity index (χ1n) is 2.69. The van der Waals surface area contributed by atoms with Crippen LogP contribution in [0.4, 0.5) is 0 Å². The average Bonchev–Trinajstić information content (AvgIpc) is 1.83. The Morgan fingerprint density at radius 3 is 2.67 bits per heavy atom. The van der Waals surface area contributed by atoms with Crippen LogP contribution in [-0.2, 0) is 11.3 Å². The molecule has 4 nitrogen and oxygen atoms in total. The van der Waals surface area contributed by atoms with Crippen LogP contribution >= 0.6 is 0 Å². The molecule has 0 bridgehead atoms. The highest BCUT2D eigenvalue weighted by Crippen LogP contribution is 1.85. The van der Waals surface area contributed by atoms with Crippen molar-refractivity contribution in [2.45, 2.75) is 19.4 Å². The Labute approximate surface area is 56.7 Å². The maximum atomic E-state index is 9.91. The van der Waals surface area contributed by atoms with Gasteiger partial charge in [-0.1, -0.05) is 6.92 Å². The molecule has 0 fully saturated rings. The van der Waals surface area contributed by atoms with E-state index in [-0.39, 0.29) is 6.54 Å². The molecule has 9 heavy (non-hydrogen) atoms. The zero-order valence-corrected chi connectivity index (χ0v) is 6.02. The molecule has 0 aromatic carbocycles. The van der Waals surface area contributed by atoms with Crippen molar-refractivity contribution in [3.8, 4) is 0 Å². The third kappa shape index (κ3) is 5.91. The lowest BCUT2D eigenvalue weighted by Crippen LogP contribution is -2.27. The van der Waals surface area contributed by atoms with Gasteiger partial charge in [0, 0.05) is 6.54 Å². The van der Waals surface area contributed by atoms with Crippen molar-refractivity contribution in [2.75, 3.05) is 6.54 Å². The number of hydrogen-bond donors (Lipinski definition) is 3. The van der Waals surface area contributed by atoms with Crippen LogP contribution in [-0.4, -0.2) is 26.5 Å². The van der Waals surface area contributed by atoms with Crippen LogP contribution in [0.15, 0.2) is 0 Å². The van der Waals surface area contributed by atoms with E-state index >= 15 is 0 Å². The van der Waals surface area contributed by atoms with Crippen LogP contribution in [0.2, 0.25) is 0 Å². The predicted molar refractivity (Wildman–Crippen MR) is 35.1 cm³/mol. The minimum atomic E-state index is -2.00. The van der Waals surface area contributed by atoms with Gasteiger partial charge in [-0.15, -0.1) is 0 Å². The minimum absolute atomic E-state index is 0.166. The van der Waals surface area contributed by atoms with Crippen LogP contribution in [0.1, 0.15) is 13.3 Å². The fourth-order valence-electron chi connectivity index (χ4n) is 0.312. The number of aliphatic hydroxyl groups excluding tert-OH is 1. The van der Waals surface area contributed by atoms with E-state index in [1.807, 2.05) is 0 Å². The molecule has 0 amide bonds. The van der Waals surface area contributed by atoms with Crippen molar-refractivity contribution >= 4 is 11.3 Å². The van der Waals surface area contributed by atoms with Gasteiger partial charge >= 0.3 is 0 Å². The minimum Gasteiger partial charge on any atom is -0.392 e. The summed E-state index contributed by atoms with van der Waals surface area (Å²) in [5, 5.41) is 8.80. The lowest BCUT2D eigenvalue weighted by atomic mass is 10.3. The molecule has 2 unspecified atom stereocenters. The van der Waals surface area contributed by atoms with E-state index in [2.05, 4.69) is 4.72 Å². The number of rotatable bonds is 4. The smallest absolute Gasteiger partial charge is 0.231 e. The molecular weight excluding hydrogens is 142 g/mol. The van der Waals surface area contributed by atoms with Gasteiger partial charge in [0.1, 0.15) is 0 Å². The van der Waals surface area contributed by atoms with Crippen molar-refractivity contribution in [1.29, 1.82) is 0 Å². The highest BCUT2D eigenvalue weighted by molar-refractivity contribution is 7.77. The van der Waals surface area contributed by atoms with E-state index in [0.717, 1.165) is 0 Å². The van der Waals surface area contributed by atoms with Crippen LogP contribution in [0.25, 0.3) is 0 Å². The molecule has 0 saturated heterocycles. The van der Waals surface area contributed by atoms with Crippen LogP contribution in [0.3, 0.4) is 0 Å². The van der Waals surface area contributed by atoms with Gasteiger partial charge < -0.3 is 5.11 Å². The molecule has 0 aromatic heterocycles. The van der Waals surface area contributed by atoms with Gasteiger partial charge in [-0.3, -0.25) is 4.55 Å². The summed E-state index contributed by atoms with van der Waals surface area (Å²) in [5.41, 5.74) is 0. The topological polar surface area (TPSA) is 69.6 Å². The molecule has 0 radical (unpaired) electrons. The summed E-state index contributed by atoms with van der Waals surface area (Å²) in [6.07, 6.45) is 0.0607. The summed E-state index contributed by atoms with van der Waals surface area (Å²) < 4.78 is 20.2. The van der Waals surface area contributed by atoms with Gasteiger partial charge in [0.2, 0.25) is 11.3 Å². The molecule has 0 aliphatic heterocycles. The Hall–Kier alpha value is 0.0300. The third-order valence-electron chi connectivity index (χ3n) is 0.914. The number of hydrogen-bond acceptors (Lipinski definition) is 2. The Morgan fingerprint density at radius 1 is 1.78 bits per heavy atom. The first-order chi connectivity index (χ1) is 4.16. The molecule has 0 heterocycles. The van der Waals surface area contributed by atoms with Gasteiger partial charge in [-0.05, 0) is 6.42 Å². The van der Waals surface area contributed by atoms with E-state index < -0.39 is 17.4 Å². The number of nitrogens with one attached hydrogen (secondary N) is 1. The second-order valence-corrected chi connectivity index (χ2v) is 2.45. The van der Waals surface area contributed by atoms with Gasteiger partial charge in [-0.25, -0.2) is 8.93 Å². The zero-order chi connectivity index (χ0) is 7.28. The maximum absolute atomic E-state index is 9.91. The molecule has 56 valence electrons. The molecule has 0 aliphatic carbocycles. The van der Waals surface area contributed by atoms with Gasteiger partial charge in [0.15, 0.2) is 0 Å². The molecule has 3 N–H and O–H groups in total. The summed E-state index contributed by atoms with van der Waals surface area (Å²) in [6, 6.07) is 0. The van der Waals surface area contributed by atoms with E-state index in [9.17, 15) is 4.21 Å². The quantitative estimate of drug-likeness (QED) is 0.476. The van der Waals surface area contributed by atoms with Crippen LogP contribution < -0.4 is 4.72 Å². The van der Waals surface area contributed by atoms with E-state index in [1.54, 1.807) is 6.92 Å². The molecule has 0 aromatic rings. The zero-order valence-electron chi connectivity index (χ0n) is 5.20. The highest BCUT2D eigenvalue weighted by atomic mass is 32.2. The van der Waals surface area contributed by atoms with Crippen LogP contribution in [0, 0.1) is 0 Å². The second kappa shape index (κ2) is 4.87. The normalized spacial score (nSPS) is 17.2. The van der Waals surface area contributed by atoms with Crippen LogP contribution in [0.5, 0.6) is 0 Å². The fraction of sp³-hybridized carbons (Fsp3) is 1.00. The van der Waals surface area contributed by atoms with Gasteiger partial charge in [0.05, 0.1) is 6.10 Å². The summed E-state index contributed by atoms with van der Waals surface area (Å²) in [4.78, 5) is 0. The summed E-state index contributed by atoms with van der Waals surface area (Å²) in [5.74, 6) is 0. The molecule has 5 heteroatoms. The average molecular weight is 153 g/mol. The standard InChI is InChI=1S/C4H11NO3S/c1-2-4(6)3-5-9(7)8/h4-6H,2-3H2,1H3,(H,7,8). The van der Waals surface area contributed by atoms with E-state index in [4.69, 9.17) is 9.66 Å². The summed E-state index contributed by atoms with van der Waals surface area (Å²) in [6.45, 7) is 1.96. The Balaban J connectivity index is 3.16. The van der Waals surface area contributed by atoms with Gasteiger partial charge in [0.25, 0.3) is 0 Å². The second-order valence-electron chi connectivity index (χ2n) is 1.66. The molecule has 0 aliphatic rings. The Kier molecular flexibility index (Phi) is 4.88. The fourth-order valence-corrected chi connectivity index (χ4v) is 0.647. The molecule has 0 rings (SSSR count). The van der Waals surface area contributed by atoms with Crippen molar-refractivity contribution in [1.82, 2.24) is 4.72 Å². The van der Waals surface area contributed by atoms with Crippen molar-refractivity contribution in [2.24, 2.45) is 0 Å². The summed E-state index contributed by atoms with van der Waals surface area (Å²) >= 11 is -2.00. The highest BCUT2D eigenvalue weighted by Gasteiger charge is 1.99. The van der Waals surface area contributed by atoms with Crippen molar-refractivity contribution in [3.63, 3.8) is 0 Å². The molecule has 0 spiro atoms. The summed E-state index contributed by atoms with van der Waals surface area (Å²) in [7, 11) is 0. The van der Waals surface area contributed by atoms with Crippen molar-refractivity contribution in [3.05, 3.63) is 0 Å². The SMILES string of the molecule is CCC(O)CNS(=O)O. The van der Waals surface area contributed by atoms with E-state index in [0.29, 0.717) is 6.42 Å².